The minimum absolute atomic E-state index is 0.301. The van der Waals surface area contributed by atoms with Gasteiger partial charge in [-0.05, 0) is 24.7 Å². The number of nitrogens with zero attached hydrogens (tertiary/aromatic N) is 2. The molecule has 0 bridgehead atoms. The Kier molecular flexibility index (Phi) is 6.26. The lowest BCUT2D eigenvalue weighted by atomic mass is 10.2. The molecule has 1 aromatic rings. The molecule has 0 aromatic heterocycles. The van der Waals surface area contributed by atoms with E-state index >= 15 is 0 Å². The number of nitrogens with one attached hydrogen (secondary N) is 1. The highest BCUT2D eigenvalue weighted by atomic mass is 35.5. The van der Waals surface area contributed by atoms with Gasteiger partial charge in [-0.3, -0.25) is 9.80 Å². The Labute approximate surface area is 126 Å². The van der Waals surface area contributed by atoms with Crippen LogP contribution >= 0.6 is 11.6 Å². The average molecular weight is 298 g/mol. The zero-order chi connectivity index (χ0) is 14.4. The standard InChI is InChI=1S/C15H24ClN3O/c1-18(10-13-2-4-14(16)5-3-13)11-15(20)12-19-8-6-17-7-9-19/h2-5,15,17,20H,6-12H2,1H3. The van der Waals surface area contributed by atoms with E-state index in [1.165, 1.54) is 5.56 Å². The van der Waals surface area contributed by atoms with Gasteiger partial charge in [0, 0.05) is 50.8 Å². The third-order valence-corrected chi connectivity index (χ3v) is 3.82. The van der Waals surface area contributed by atoms with Crippen LogP contribution in [0.1, 0.15) is 5.56 Å². The van der Waals surface area contributed by atoms with Gasteiger partial charge in [-0.2, -0.15) is 0 Å². The van der Waals surface area contributed by atoms with E-state index in [0.29, 0.717) is 6.54 Å². The highest BCUT2D eigenvalue weighted by Gasteiger charge is 2.15. The number of likely N-dealkylation sites (N-methyl/N-ethyl adjacent to an activating group) is 1. The molecular weight excluding hydrogens is 274 g/mol. The Hall–Kier alpha value is -0.650. The first-order valence-electron chi connectivity index (χ1n) is 7.17. The van der Waals surface area contributed by atoms with Gasteiger partial charge in [0.05, 0.1) is 6.10 Å². The van der Waals surface area contributed by atoms with Crippen molar-refractivity contribution in [1.82, 2.24) is 15.1 Å². The Morgan fingerprint density at radius 2 is 1.95 bits per heavy atom. The van der Waals surface area contributed by atoms with Gasteiger partial charge < -0.3 is 10.4 Å². The monoisotopic (exact) mass is 297 g/mol. The van der Waals surface area contributed by atoms with Crippen LogP contribution in [-0.2, 0) is 6.54 Å². The number of aliphatic hydroxyl groups excluding tert-OH is 1. The molecule has 4 nitrogen and oxygen atoms in total. The molecule has 1 atom stereocenters. The Bertz CT molecular complexity index is 393. The molecule has 1 heterocycles. The molecule has 0 aliphatic carbocycles. The molecule has 2 rings (SSSR count). The van der Waals surface area contributed by atoms with Crippen LogP contribution in [0.5, 0.6) is 0 Å². The average Bonchev–Trinajstić information content (AvgIpc) is 2.42. The summed E-state index contributed by atoms with van der Waals surface area (Å²) in [6, 6.07) is 7.87. The number of β-amino-alcohol motifs (C(OH)–C–C–N with tert-alkyl or cyclic N) is 1. The number of aliphatic hydroxyl groups is 1. The summed E-state index contributed by atoms with van der Waals surface area (Å²) in [5.41, 5.74) is 1.21. The van der Waals surface area contributed by atoms with E-state index in [4.69, 9.17) is 11.6 Å². The maximum absolute atomic E-state index is 10.2. The zero-order valence-corrected chi connectivity index (χ0v) is 12.8. The van der Waals surface area contributed by atoms with Crippen molar-refractivity contribution in [3.63, 3.8) is 0 Å². The molecule has 2 N–H and O–H groups in total. The summed E-state index contributed by atoms with van der Waals surface area (Å²) < 4.78 is 0. The van der Waals surface area contributed by atoms with Gasteiger partial charge in [-0.1, -0.05) is 23.7 Å². The fourth-order valence-electron chi connectivity index (χ4n) is 2.58. The maximum atomic E-state index is 10.2. The largest absolute Gasteiger partial charge is 0.390 e. The van der Waals surface area contributed by atoms with Crippen molar-refractivity contribution in [1.29, 1.82) is 0 Å². The molecule has 1 aromatic carbocycles. The lowest BCUT2D eigenvalue weighted by Crippen LogP contribution is -2.47. The Morgan fingerprint density at radius 3 is 2.60 bits per heavy atom. The minimum atomic E-state index is -0.301. The quantitative estimate of drug-likeness (QED) is 0.823. The van der Waals surface area contributed by atoms with E-state index in [0.717, 1.165) is 44.3 Å². The number of halogens is 1. The second-order valence-corrected chi connectivity index (χ2v) is 5.96. The van der Waals surface area contributed by atoms with Crippen LogP contribution in [0.15, 0.2) is 24.3 Å². The number of hydrogen-bond donors (Lipinski definition) is 2. The Morgan fingerprint density at radius 1 is 1.30 bits per heavy atom. The van der Waals surface area contributed by atoms with Crippen molar-refractivity contribution in [2.24, 2.45) is 0 Å². The highest BCUT2D eigenvalue weighted by molar-refractivity contribution is 6.30. The first-order valence-corrected chi connectivity index (χ1v) is 7.55. The van der Waals surface area contributed by atoms with Gasteiger partial charge in [-0.25, -0.2) is 0 Å². The molecule has 1 unspecified atom stereocenters. The van der Waals surface area contributed by atoms with Crippen molar-refractivity contribution in [3.8, 4) is 0 Å². The summed E-state index contributed by atoms with van der Waals surface area (Å²) in [5.74, 6) is 0. The third-order valence-electron chi connectivity index (χ3n) is 3.57. The van der Waals surface area contributed by atoms with Gasteiger partial charge >= 0.3 is 0 Å². The SMILES string of the molecule is CN(Cc1ccc(Cl)cc1)CC(O)CN1CCNCC1. The van der Waals surface area contributed by atoms with Crippen molar-refractivity contribution >= 4 is 11.6 Å². The first kappa shape index (κ1) is 15.7. The maximum Gasteiger partial charge on any atom is 0.0793 e. The number of piperazine rings is 1. The first-order chi connectivity index (χ1) is 9.63. The molecule has 1 fully saturated rings. The van der Waals surface area contributed by atoms with Crippen molar-refractivity contribution in [3.05, 3.63) is 34.9 Å². The normalized spacial score (nSPS) is 18.4. The second kappa shape index (κ2) is 7.96. The summed E-state index contributed by atoms with van der Waals surface area (Å²) in [4.78, 5) is 4.47. The van der Waals surface area contributed by atoms with Crippen LogP contribution in [0, 0.1) is 0 Å². The highest BCUT2D eigenvalue weighted by Crippen LogP contribution is 2.11. The fourth-order valence-corrected chi connectivity index (χ4v) is 2.70. The van der Waals surface area contributed by atoms with Crippen molar-refractivity contribution in [2.75, 3.05) is 46.3 Å². The summed E-state index contributed by atoms with van der Waals surface area (Å²) in [6.45, 7) is 6.37. The summed E-state index contributed by atoms with van der Waals surface area (Å²) in [6.07, 6.45) is -0.301. The molecule has 1 aliphatic rings. The van der Waals surface area contributed by atoms with E-state index in [9.17, 15) is 5.11 Å². The smallest absolute Gasteiger partial charge is 0.0793 e. The summed E-state index contributed by atoms with van der Waals surface area (Å²) in [7, 11) is 2.04. The number of rotatable bonds is 6. The van der Waals surface area contributed by atoms with Crippen LogP contribution in [0.25, 0.3) is 0 Å². The molecule has 1 aliphatic heterocycles. The molecule has 112 valence electrons. The molecule has 5 heteroatoms. The second-order valence-electron chi connectivity index (χ2n) is 5.53. The molecular formula is C15H24ClN3O. The van der Waals surface area contributed by atoms with Crippen molar-refractivity contribution < 1.29 is 5.11 Å². The zero-order valence-electron chi connectivity index (χ0n) is 12.1. The van der Waals surface area contributed by atoms with Crippen LogP contribution in [0.4, 0.5) is 0 Å². The van der Waals surface area contributed by atoms with Gasteiger partial charge in [0.25, 0.3) is 0 Å². The van der Waals surface area contributed by atoms with Crippen LogP contribution in [0.3, 0.4) is 0 Å². The third kappa shape index (κ3) is 5.38. The van der Waals surface area contributed by atoms with E-state index in [1.807, 2.05) is 31.3 Å². The molecule has 0 radical (unpaired) electrons. The number of hydrogen-bond acceptors (Lipinski definition) is 4. The lowest BCUT2D eigenvalue weighted by molar-refractivity contribution is 0.0752. The van der Waals surface area contributed by atoms with Crippen LogP contribution < -0.4 is 5.32 Å². The lowest BCUT2D eigenvalue weighted by Gasteiger charge is -2.30. The molecule has 0 saturated carbocycles. The van der Waals surface area contributed by atoms with E-state index in [-0.39, 0.29) is 6.10 Å². The van der Waals surface area contributed by atoms with E-state index in [2.05, 4.69) is 15.1 Å². The van der Waals surface area contributed by atoms with Crippen LogP contribution in [0.2, 0.25) is 5.02 Å². The molecule has 0 amide bonds. The molecule has 1 saturated heterocycles. The molecule has 20 heavy (non-hydrogen) atoms. The minimum Gasteiger partial charge on any atom is -0.390 e. The summed E-state index contributed by atoms with van der Waals surface area (Å²) in [5, 5.41) is 14.2. The van der Waals surface area contributed by atoms with Gasteiger partial charge in [0.2, 0.25) is 0 Å². The van der Waals surface area contributed by atoms with E-state index < -0.39 is 0 Å². The van der Waals surface area contributed by atoms with Gasteiger partial charge in [0.1, 0.15) is 0 Å². The predicted octanol–water partition coefficient (Wildman–Crippen LogP) is 1.04. The number of benzene rings is 1. The van der Waals surface area contributed by atoms with Gasteiger partial charge in [-0.15, -0.1) is 0 Å². The fraction of sp³-hybridized carbons (Fsp3) is 0.600. The van der Waals surface area contributed by atoms with Crippen LogP contribution in [-0.4, -0.2) is 67.3 Å². The topological polar surface area (TPSA) is 38.7 Å². The predicted molar refractivity (Wildman–Crippen MR) is 83.1 cm³/mol. The van der Waals surface area contributed by atoms with Crippen molar-refractivity contribution in [2.45, 2.75) is 12.6 Å². The van der Waals surface area contributed by atoms with E-state index in [1.54, 1.807) is 0 Å². The Balaban J connectivity index is 1.72. The molecule has 0 spiro atoms. The summed E-state index contributed by atoms with van der Waals surface area (Å²) >= 11 is 5.88. The van der Waals surface area contributed by atoms with Gasteiger partial charge in [0.15, 0.2) is 0 Å².